The van der Waals surface area contributed by atoms with Crippen LogP contribution in [0.1, 0.15) is 51.9 Å². The molecule has 1 N–H and O–H groups in total. The van der Waals surface area contributed by atoms with E-state index >= 15 is 0 Å². The smallest absolute Gasteiger partial charge is 0.329 e. The second-order valence-corrected chi connectivity index (χ2v) is 6.20. The maximum atomic E-state index is 12.7. The molecular formula is C15H25NO4. The highest BCUT2D eigenvalue weighted by atomic mass is 16.5. The number of aliphatic carboxylic acids is 1. The van der Waals surface area contributed by atoms with Gasteiger partial charge in [0.15, 0.2) is 0 Å². The fraction of sp³-hybridized carbons (Fsp3) is 0.867. The van der Waals surface area contributed by atoms with Crippen LogP contribution >= 0.6 is 0 Å². The molecule has 20 heavy (non-hydrogen) atoms. The summed E-state index contributed by atoms with van der Waals surface area (Å²) in [4.78, 5) is 25.9. The van der Waals surface area contributed by atoms with Crippen LogP contribution in [0.25, 0.3) is 0 Å². The molecule has 114 valence electrons. The molecule has 0 bridgehead atoms. The van der Waals surface area contributed by atoms with E-state index in [2.05, 4.69) is 0 Å². The Morgan fingerprint density at radius 3 is 2.45 bits per heavy atom. The Morgan fingerprint density at radius 2 is 1.90 bits per heavy atom. The lowest BCUT2D eigenvalue weighted by atomic mass is 9.79. The molecule has 2 rings (SSSR count). The van der Waals surface area contributed by atoms with Gasteiger partial charge in [0.25, 0.3) is 0 Å². The summed E-state index contributed by atoms with van der Waals surface area (Å²) in [5.74, 6) is -0.973. The Balaban J connectivity index is 2.12. The molecule has 1 aliphatic carbocycles. The van der Waals surface area contributed by atoms with E-state index in [4.69, 9.17) is 4.74 Å². The molecule has 0 aromatic carbocycles. The predicted molar refractivity (Wildman–Crippen MR) is 74.4 cm³/mol. The second kappa shape index (κ2) is 6.12. The zero-order chi connectivity index (χ0) is 14.8. The van der Waals surface area contributed by atoms with Gasteiger partial charge < -0.3 is 14.7 Å². The fourth-order valence-corrected chi connectivity index (χ4v) is 3.54. The topological polar surface area (TPSA) is 66.8 Å². The number of carboxylic acids is 1. The summed E-state index contributed by atoms with van der Waals surface area (Å²) >= 11 is 0. The van der Waals surface area contributed by atoms with Gasteiger partial charge in [-0.05, 0) is 32.6 Å². The van der Waals surface area contributed by atoms with Crippen LogP contribution in [0.3, 0.4) is 0 Å². The molecule has 5 nitrogen and oxygen atoms in total. The number of hydrogen-bond acceptors (Lipinski definition) is 3. The van der Waals surface area contributed by atoms with Crippen molar-refractivity contribution in [1.82, 2.24) is 4.90 Å². The first kappa shape index (κ1) is 15.3. The van der Waals surface area contributed by atoms with Gasteiger partial charge in [-0.3, -0.25) is 4.79 Å². The number of amides is 1. The van der Waals surface area contributed by atoms with E-state index in [9.17, 15) is 14.7 Å². The van der Waals surface area contributed by atoms with Crippen LogP contribution in [0.15, 0.2) is 0 Å². The molecule has 1 saturated heterocycles. The fourth-order valence-electron chi connectivity index (χ4n) is 3.54. The normalized spacial score (nSPS) is 29.7. The number of likely N-dealkylation sites (N-methyl/N-ethyl adjacent to an activating group) is 1. The van der Waals surface area contributed by atoms with Crippen LogP contribution < -0.4 is 0 Å². The molecule has 0 radical (unpaired) electrons. The Morgan fingerprint density at radius 1 is 1.25 bits per heavy atom. The number of carbonyl (C=O) groups is 2. The van der Waals surface area contributed by atoms with Gasteiger partial charge in [0, 0.05) is 19.6 Å². The molecule has 1 amide bonds. The van der Waals surface area contributed by atoms with Crippen molar-refractivity contribution < 1.29 is 19.4 Å². The van der Waals surface area contributed by atoms with Crippen molar-refractivity contribution in [3.05, 3.63) is 0 Å². The van der Waals surface area contributed by atoms with E-state index in [0.717, 1.165) is 19.3 Å². The Kier molecular flexibility index (Phi) is 4.68. The van der Waals surface area contributed by atoms with Crippen molar-refractivity contribution in [3.63, 3.8) is 0 Å². The van der Waals surface area contributed by atoms with Crippen LogP contribution in [-0.2, 0) is 14.3 Å². The molecular weight excluding hydrogens is 258 g/mol. The minimum atomic E-state index is -0.989. The van der Waals surface area contributed by atoms with E-state index < -0.39 is 11.5 Å². The molecule has 1 aliphatic heterocycles. The number of rotatable bonds is 3. The lowest BCUT2D eigenvalue weighted by Crippen LogP contribution is -2.58. The standard InChI is InChI=1S/C15H25NO4/c1-11-10-12(6-9-20-11)13(17)16(2)15(14(18)19)7-4-3-5-8-15/h11-12H,3-10H2,1-2H3,(H,18,19). The van der Waals surface area contributed by atoms with Gasteiger partial charge >= 0.3 is 5.97 Å². The zero-order valence-corrected chi connectivity index (χ0v) is 12.4. The summed E-state index contributed by atoms with van der Waals surface area (Å²) in [6.45, 7) is 2.55. The van der Waals surface area contributed by atoms with Crippen molar-refractivity contribution in [2.45, 2.75) is 63.5 Å². The summed E-state index contributed by atoms with van der Waals surface area (Å²) in [5, 5.41) is 9.64. The van der Waals surface area contributed by atoms with Crippen molar-refractivity contribution in [2.75, 3.05) is 13.7 Å². The van der Waals surface area contributed by atoms with Crippen molar-refractivity contribution in [1.29, 1.82) is 0 Å². The number of nitrogens with zero attached hydrogens (tertiary/aromatic N) is 1. The zero-order valence-electron chi connectivity index (χ0n) is 12.4. The first-order valence-corrected chi connectivity index (χ1v) is 7.60. The largest absolute Gasteiger partial charge is 0.479 e. The van der Waals surface area contributed by atoms with Gasteiger partial charge in [-0.25, -0.2) is 4.79 Å². The summed E-state index contributed by atoms with van der Waals surface area (Å²) < 4.78 is 5.47. The maximum Gasteiger partial charge on any atom is 0.329 e. The van der Waals surface area contributed by atoms with Gasteiger partial charge in [0.2, 0.25) is 5.91 Å². The Bertz CT molecular complexity index is 376. The van der Waals surface area contributed by atoms with Gasteiger partial charge in [-0.2, -0.15) is 0 Å². The highest BCUT2D eigenvalue weighted by Crippen LogP contribution is 2.35. The molecule has 2 aliphatic rings. The molecule has 2 unspecified atom stereocenters. The van der Waals surface area contributed by atoms with Gasteiger partial charge in [-0.15, -0.1) is 0 Å². The van der Waals surface area contributed by atoms with Crippen LogP contribution in [-0.4, -0.2) is 47.2 Å². The summed E-state index contributed by atoms with van der Waals surface area (Å²) in [7, 11) is 1.67. The van der Waals surface area contributed by atoms with Crippen LogP contribution in [0.2, 0.25) is 0 Å². The molecule has 2 fully saturated rings. The molecule has 1 heterocycles. The Labute approximate surface area is 120 Å². The van der Waals surface area contributed by atoms with E-state index in [1.54, 1.807) is 7.05 Å². The number of carboxylic acid groups (broad SMARTS) is 1. The Hall–Kier alpha value is -1.10. The summed E-state index contributed by atoms with van der Waals surface area (Å²) in [6.07, 6.45) is 5.45. The third kappa shape index (κ3) is 2.82. The third-order valence-electron chi connectivity index (χ3n) is 4.89. The van der Waals surface area contributed by atoms with Crippen molar-refractivity contribution in [2.24, 2.45) is 5.92 Å². The lowest BCUT2D eigenvalue weighted by Gasteiger charge is -2.43. The van der Waals surface area contributed by atoms with Crippen LogP contribution in [0, 0.1) is 5.92 Å². The van der Waals surface area contributed by atoms with Gasteiger partial charge in [0.1, 0.15) is 5.54 Å². The molecule has 2 atom stereocenters. The van der Waals surface area contributed by atoms with E-state index in [1.807, 2.05) is 6.92 Å². The lowest BCUT2D eigenvalue weighted by molar-refractivity contribution is -0.163. The van der Waals surface area contributed by atoms with Crippen molar-refractivity contribution in [3.8, 4) is 0 Å². The van der Waals surface area contributed by atoms with E-state index in [0.29, 0.717) is 32.3 Å². The average Bonchev–Trinajstić information content (AvgIpc) is 2.46. The first-order chi connectivity index (χ1) is 9.47. The SMILES string of the molecule is CC1CC(C(=O)N(C)C2(C(=O)O)CCCCC2)CCO1. The minimum absolute atomic E-state index is 0.0237. The summed E-state index contributed by atoms with van der Waals surface area (Å²) in [5.41, 5.74) is -0.989. The van der Waals surface area contributed by atoms with Crippen LogP contribution in [0.4, 0.5) is 0 Å². The van der Waals surface area contributed by atoms with E-state index in [1.165, 1.54) is 4.90 Å². The summed E-state index contributed by atoms with van der Waals surface area (Å²) in [6, 6.07) is 0. The van der Waals surface area contributed by atoms with Gasteiger partial charge in [-0.1, -0.05) is 19.3 Å². The number of hydrogen-bond donors (Lipinski definition) is 1. The molecule has 0 aromatic rings. The number of carbonyl (C=O) groups excluding carboxylic acids is 1. The number of ether oxygens (including phenoxy) is 1. The molecule has 5 heteroatoms. The molecule has 1 saturated carbocycles. The predicted octanol–water partition coefficient (Wildman–Crippen LogP) is 2.05. The monoisotopic (exact) mass is 283 g/mol. The van der Waals surface area contributed by atoms with Gasteiger partial charge in [0.05, 0.1) is 6.10 Å². The van der Waals surface area contributed by atoms with E-state index in [-0.39, 0.29) is 17.9 Å². The first-order valence-electron chi connectivity index (χ1n) is 7.60. The van der Waals surface area contributed by atoms with Crippen molar-refractivity contribution >= 4 is 11.9 Å². The third-order valence-corrected chi connectivity index (χ3v) is 4.89. The highest BCUT2D eigenvalue weighted by molar-refractivity contribution is 5.88. The quantitative estimate of drug-likeness (QED) is 0.861. The second-order valence-electron chi connectivity index (χ2n) is 6.20. The average molecular weight is 283 g/mol. The minimum Gasteiger partial charge on any atom is -0.479 e. The van der Waals surface area contributed by atoms with Crippen LogP contribution in [0.5, 0.6) is 0 Å². The molecule has 0 spiro atoms. The molecule has 0 aromatic heterocycles. The maximum absolute atomic E-state index is 12.7. The highest BCUT2D eigenvalue weighted by Gasteiger charge is 2.46.